The highest BCUT2D eigenvalue weighted by Gasteiger charge is 2.03. The maximum atomic E-state index is 2.21. The van der Waals surface area contributed by atoms with Gasteiger partial charge in [-0.2, -0.15) is 0 Å². The molecule has 0 amide bonds. The van der Waals surface area contributed by atoms with E-state index in [-0.39, 0.29) is 11.0 Å². The molecule has 0 bridgehead atoms. The number of nitrogens with zero attached hydrogens (tertiary/aromatic N) is 2. The third-order valence-corrected chi connectivity index (χ3v) is 1.74. The van der Waals surface area contributed by atoms with E-state index in [2.05, 4.69) is 42.4 Å². The average molecular weight is 160 g/mol. The van der Waals surface area contributed by atoms with Gasteiger partial charge >= 0.3 is 0 Å². The second-order valence-corrected chi connectivity index (χ2v) is 2.24. The Bertz CT molecular complexity index is 208. The number of hydrogen-bond acceptors (Lipinski definition) is 1. The summed E-state index contributed by atoms with van der Waals surface area (Å²) in [5.41, 5.74) is 0. The van der Waals surface area contributed by atoms with Crippen molar-refractivity contribution in [2.24, 2.45) is 7.05 Å². The van der Waals surface area contributed by atoms with Crippen LogP contribution in [-0.2, 0) is 13.6 Å². The van der Waals surface area contributed by atoms with Gasteiger partial charge in [-0.3, -0.25) is 0 Å². The maximum Gasteiger partial charge on any atom is 0.252 e. The van der Waals surface area contributed by atoms with Crippen LogP contribution in [0.2, 0.25) is 0 Å². The lowest BCUT2D eigenvalue weighted by atomic mass is 10.6. The van der Waals surface area contributed by atoms with E-state index in [1.807, 2.05) is 0 Å². The van der Waals surface area contributed by atoms with E-state index in [9.17, 15) is 0 Å². The minimum Gasteiger partial charge on any atom is -0.870 e. The normalized spacial score (nSPS) is 8.27. The van der Waals surface area contributed by atoms with Crippen molar-refractivity contribution in [1.29, 1.82) is 0 Å². The van der Waals surface area contributed by atoms with Crippen molar-refractivity contribution in [2.45, 2.75) is 20.4 Å². The third kappa shape index (κ3) is 2.32. The lowest BCUT2D eigenvalue weighted by Gasteiger charge is -1.90. The first-order valence-corrected chi connectivity index (χ1v) is 3.27. The summed E-state index contributed by atoms with van der Waals surface area (Å²) in [6.45, 7) is 5.32. The molecule has 1 aromatic heterocycles. The van der Waals surface area contributed by atoms with Crippen LogP contribution in [0.1, 0.15) is 12.7 Å². The Morgan fingerprint density at radius 1 is 1.55 bits per heavy atom. The highest BCUT2D eigenvalue weighted by atomic mass is 16.0. The van der Waals surface area contributed by atoms with Crippen LogP contribution < -0.4 is 4.57 Å². The average Bonchev–Trinajstić information content (AvgIpc) is 2.15. The second-order valence-electron chi connectivity index (χ2n) is 2.24. The van der Waals surface area contributed by atoms with Crippen LogP contribution in [0.15, 0.2) is 12.4 Å². The minimum absolute atomic E-state index is 0. The third-order valence-electron chi connectivity index (χ3n) is 1.74. The first-order valence-electron chi connectivity index (χ1n) is 3.27. The molecular formula is C7H16N2O2. The van der Waals surface area contributed by atoms with Gasteiger partial charge in [0.2, 0.25) is 0 Å². The Hall–Kier alpha value is -0.870. The Kier molecular flexibility index (Phi) is 5.66. The summed E-state index contributed by atoms with van der Waals surface area (Å²) in [6, 6.07) is 0. The fourth-order valence-corrected chi connectivity index (χ4v) is 0.933. The smallest absolute Gasteiger partial charge is 0.252 e. The molecule has 1 aromatic rings. The summed E-state index contributed by atoms with van der Waals surface area (Å²) in [4.78, 5) is 0. The van der Waals surface area contributed by atoms with Crippen molar-refractivity contribution in [3.63, 3.8) is 0 Å². The van der Waals surface area contributed by atoms with Crippen molar-refractivity contribution < 1.29 is 15.5 Å². The number of imidazole rings is 1. The van der Waals surface area contributed by atoms with E-state index in [1.165, 1.54) is 5.82 Å². The Morgan fingerprint density at radius 3 is 2.27 bits per heavy atom. The van der Waals surface area contributed by atoms with E-state index in [1.54, 1.807) is 0 Å². The fourth-order valence-electron chi connectivity index (χ4n) is 0.933. The van der Waals surface area contributed by atoms with Crippen LogP contribution in [0.4, 0.5) is 0 Å². The molecule has 66 valence electrons. The van der Waals surface area contributed by atoms with Gasteiger partial charge in [0.1, 0.15) is 12.4 Å². The molecule has 0 aliphatic rings. The molecule has 1 heterocycles. The molecule has 1 rings (SSSR count). The lowest BCUT2D eigenvalue weighted by Crippen LogP contribution is -2.29. The summed E-state index contributed by atoms with van der Waals surface area (Å²) in [6.07, 6.45) is 4.16. The van der Waals surface area contributed by atoms with Gasteiger partial charge in [-0.15, -0.1) is 0 Å². The summed E-state index contributed by atoms with van der Waals surface area (Å²) < 4.78 is 4.32. The quantitative estimate of drug-likeness (QED) is 0.517. The van der Waals surface area contributed by atoms with Gasteiger partial charge in [-0.05, 0) is 6.92 Å². The van der Waals surface area contributed by atoms with E-state index >= 15 is 0 Å². The maximum absolute atomic E-state index is 2.21. The molecule has 0 aliphatic heterocycles. The van der Waals surface area contributed by atoms with E-state index in [0.29, 0.717) is 0 Å². The highest BCUT2D eigenvalue weighted by molar-refractivity contribution is 4.77. The van der Waals surface area contributed by atoms with Gasteiger partial charge in [0.05, 0.1) is 13.6 Å². The Balaban J connectivity index is 0. The number of aryl methyl sites for hydroxylation is 2. The molecule has 11 heavy (non-hydrogen) atoms. The molecule has 3 N–H and O–H groups in total. The summed E-state index contributed by atoms with van der Waals surface area (Å²) in [5, 5.41) is 0. The highest BCUT2D eigenvalue weighted by Crippen LogP contribution is 1.89. The van der Waals surface area contributed by atoms with Crippen molar-refractivity contribution in [3.8, 4) is 0 Å². The Morgan fingerprint density at radius 2 is 2.09 bits per heavy atom. The van der Waals surface area contributed by atoms with Gasteiger partial charge in [0.25, 0.3) is 5.82 Å². The second kappa shape index (κ2) is 4.87. The molecule has 0 spiro atoms. The first kappa shape index (κ1) is 12.8. The molecular weight excluding hydrogens is 144 g/mol. The van der Waals surface area contributed by atoms with Gasteiger partial charge in [-0.1, -0.05) is 0 Å². The molecule has 0 saturated carbocycles. The van der Waals surface area contributed by atoms with Crippen molar-refractivity contribution >= 4 is 0 Å². The molecule has 0 fully saturated rings. The van der Waals surface area contributed by atoms with Crippen LogP contribution in [0.25, 0.3) is 0 Å². The van der Waals surface area contributed by atoms with Gasteiger partial charge < -0.3 is 11.0 Å². The summed E-state index contributed by atoms with van der Waals surface area (Å²) in [5.74, 6) is 1.30. The first-order chi connectivity index (χ1) is 4.25. The molecule has 0 aromatic carbocycles. The van der Waals surface area contributed by atoms with Gasteiger partial charge in [-0.25, -0.2) is 9.13 Å². The number of rotatable bonds is 1. The molecule has 4 nitrogen and oxygen atoms in total. The molecule has 0 radical (unpaired) electrons. The zero-order valence-electron chi connectivity index (χ0n) is 7.20. The number of aromatic nitrogens is 2. The van der Waals surface area contributed by atoms with Crippen LogP contribution in [0.3, 0.4) is 0 Å². The van der Waals surface area contributed by atoms with Crippen LogP contribution in [0, 0.1) is 6.92 Å². The molecule has 4 heteroatoms. The molecule has 0 aliphatic carbocycles. The molecule has 0 unspecified atom stereocenters. The Labute approximate surface area is 66.7 Å². The zero-order valence-corrected chi connectivity index (χ0v) is 7.20. The van der Waals surface area contributed by atoms with E-state index in [0.717, 1.165) is 6.54 Å². The van der Waals surface area contributed by atoms with Crippen molar-refractivity contribution in [3.05, 3.63) is 18.2 Å². The topological polar surface area (TPSA) is 70.3 Å². The van der Waals surface area contributed by atoms with Crippen LogP contribution in [0.5, 0.6) is 0 Å². The van der Waals surface area contributed by atoms with Crippen molar-refractivity contribution in [1.82, 2.24) is 4.57 Å². The molecule has 0 saturated heterocycles. The largest absolute Gasteiger partial charge is 0.870 e. The van der Waals surface area contributed by atoms with Crippen molar-refractivity contribution in [2.75, 3.05) is 0 Å². The monoisotopic (exact) mass is 160 g/mol. The predicted octanol–water partition coefficient (Wildman–Crippen LogP) is -0.361. The summed E-state index contributed by atoms with van der Waals surface area (Å²) in [7, 11) is 2.06. The van der Waals surface area contributed by atoms with E-state index < -0.39 is 0 Å². The predicted molar refractivity (Wildman–Crippen MR) is 41.6 cm³/mol. The minimum atomic E-state index is 0. The van der Waals surface area contributed by atoms with Crippen LogP contribution >= 0.6 is 0 Å². The van der Waals surface area contributed by atoms with Gasteiger partial charge in [0, 0.05) is 6.92 Å². The lowest BCUT2D eigenvalue weighted by molar-refractivity contribution is -0.677. The standard InChI is InChI=1S/C7H13N2.2H2O/c1-4-9-6-5-8(3)7(9)2;;/h5-6H,4H2,1-3H3;2*1H2/q+1;;/p-1. The van der Waals surface area contributed by atoms with E-state index in [4.69, 9.17) is 0 Å². The zero-order chi connectivity index (χ0) is 6.85. The SMILES string of the molecule is CCn1cc[n+](C)c1C.O.[OH-]. The van der Waals surface area contributed by atoms with Gasteiger partial charge in [0.15, 0.2) is 0 Å². The molecule has 0 atom stereocenters. The number of hydrogen-bond donors (Lipinski definition) is 0. The van der Waals surface area contributed by atoms with Crippen LogP contribution in [-0.4, -0.2) is 15.5 Å². The summed E-state index contributed by atoms with van der Waals surface area (Å²) >= 11 is 0. The fraction of sp³-hybridized carbons (Fsp3) is 0.571.